The average Bonchev–Trinajstić information content (AvgIpc) is 2.85. The zero-order valence-corrected chi connectivity index (χ0v) is 13.6. The molecule has 1 atom stereocenters. The number of carbonyl (C=O) groups is 2. The number of halogens is 1. The maximum Gasteiger partial charge on any atom is 0.248 e. The van der Waals surface area contributed by atoms with Gasteiger partial charge in [0, 0.05) is 21.7 Å². The van der Waals surface area contributed by atoms with Gasteiger partial charge in [0.15, 0.2) is 0 Å². The van der Waals surface area contributed by atoms with Crippen molar-refractivity contribution in [3.05, 3.63) is 50.1 Å². The first-order chi connectivity index (χ1) is 9.86. The number of nitrogens with one attached hydrogen (secondary N) is 1. The number of hydrogen-bond acceptors (Lipinski definition) is 4. The maximum atomic E-state index is 11.3. The van der Waals surface area contributed by atoms with E-state index < -0.39 is 11.8 Å². The molecule has 0 saturated heterocycles. The third-order valence-electron chi connectivity index (χ3n) is 2.91. The molecule has 0 saturated carbocycles. The second kappa shape index (κ2) is 6.28. The van der Waals surface area contributed by atoms with Crippen molar-refractivity contribution in [3.63, 3.8) is 0 Å². The van der Waals surface area contributed by atoms with Crippen LogP contribution in [0.2, 0.25) is 0 Å². The summed E-state index contributed by atoms with van der Waals surface area (Å²) in [4.78, 5) is 23.8. The number of amides is 2. The predicted molar refractivity (Wildman–Crippen MR) is 87.5 cm³/mol. The van der Waals surface area contributed by atoms with Gasteiger partial charge in [-0.15, -0.1) is 11.3 Å². The standard InChI is InChI=1S/C14H14BrN3O2S/c1-7(11-2-3-12(15)21-11)18-10-5-8(13(16)19)4-9(6-10)14(17)20/h2-7,18H,1H3,(H2,16,19)(H2,17,20). The van der Waals surface area contributed by atoms with Crippen LogP contribution in [-0.2, 0) is 0 Å². The molecule has 1 unspecified atom stereocenters. The molecule has 2 rings (SSSR count). The summed E-state index contributed by atoms with van der Waals surface area (Å²) in [6.45, 7) is 1.99. The number of rotatable bonds is 5. The Balaban J connectivity index is 2.30. The van der Waals surface area contributed by atoms with E-state index in [9.17, 15) is 9.59 Å². The fraction of sp³-hybridized carbons (Fsp3) is 0.143. The first-order valence-corrected chi connectivity index (χ1v) is 7.74. The molecule has 0 spiro atoms. The van der Waals surface area contributed by atoms with E-state index in [1.165, 1.54) is 6.07 Å². The van der Waals surface area contributed by atoms with Crippen molar-refractivity contribution >= 4 is 44.8 Å². The molecule has 0 aliphatic rings. The minimum Gasteiger partial charge on any atom is -0.378 e. The highest BCUT2D eigenvalue weighted by molar-refractivity contribution is 9.11. The molecule has 7 heteroatoms. The number of carbonyl (C=O) groups excluding carboxylic acids is 2. The van der Waals surface area contributed by atoms with Gasteiger partial charge in [-0.05, 0) is 53.2 Å². The molecule has 0 aliphatic heterocycles. The third-order valence-corrected chi connectivity index (χ3v) is 4.71. The predicted octanol–water partition coefficient (Wildman–Crippen LogP) is 2.88. The summed E-state index contributed by atoms with van der Waals surface area (Å²) in [5, 5.41) is 3.24. The van der Waals surface area contributed by atoms with Gasteiger partial charge in [0.1, 0.15) is 0 Å². The lowest BCUT2D eigenvalue weighted by atomic mass is 10.1. The van der Waals surface area contributed by atoms with E-state index in [0.717, 1.165) is 8.66 Å². The summed E-state index contributed by atoms with van der Waals surface area (Å²) in [5.41, 5.74) is 11.7. The summed E-state index contributed by atoms with van der Waals surface area (Å²) in [5.74, 6) is -1.21. The first kappa shape index (κ1) is 15.5. The molecule has 2 amide bonds. The zero-order chi connectivity index (χ0) is 15.6. The molecule has 5 N–H and O–H groups in total. The van der Waals surface area contributed by atoms with Gasteiger partial charge >= 0.3 is 0 Å². The normalized spacial score (nSPS) is 11.9. The largest absolute Gasteiger partial charge is 0.378 e. The summed E-state index contributed by atoms with van der Waals surface area (Å²) < 4.78 is 1.04. The second-order valence-electron chi connectivity index (χ2n) is 4.54. The minimum atomic E-state index is -0.604. The Labute approximate surface area is 134 Å². The fourth-order valence-electron chi connectivity index (χ4n) is 1.88. The number of hydrogen-bond donors (Lipinski definition) is 3. The molecule has 2 aromatic rings. The Morgan fingerprint density at radius 2 is 1.71 bits per heavy atom. The number of nitrogens with two attached hydrogens (primary N) is 2. The molecule has 1 heterocycles. The van der Waals surface area contributed by atoms with Crippen molar-refractivity contribution in [2.75, 3.05) is 5.32 Å². The van der Waals surface area contributed by atoms with E-state index in [2.05, 4.69) is 21.2 Å². The van der Waals surface area contributed by atoms with E-state index in [-0.39, 0.29) is 17.2 Å². The Morgan fingerprint density at radius 1 is 1.14 bits per heavy atom. The average molecular weight is 368 g/mol. The van der Waals surface area contributed by atoms with E-state index in [1.807, 2.05) is 19.1 Å². The molecular weight excluding hydrogens is 354 g/mol. The van der Waals surface area contributed by atoms with Crippen LogP contribution in [0.1, 0.15) is 38.6 Å². The molecule has 0 aliphatic carbocycles. The molecule has 0 fully saturated rings. The van der Waals surface area contributed by atoms with Crippen LogP contribution in [-0.4, -0.2) is 11.8 Å². The van der Waals surface area contributed by atoms with Crippen molar-refractivity contribution in [1.82, 2.24) is 0 Å². The number of primary amides is 2. The molecule has 110 valence electrons. The van der Waals surface area contributed by atoms with Gasteiger partial charge in [0.05, 0.1) is 9.83 Å². The highest BCUT2D eigenvalue weighted by Gasteiger charge is 2.12. The summed E-state index contributed by atoms with van der Waals surface area (Å²) >= 11 is 5.02. The van der Waals surface area contributed by atoms with Crippen LogP contribution in [0.3, 0.4) is 0 Å². The number of anilines is 1. The fourth-order valence-corrected chi connectivity index (χ4v) is 3.30. The van der Waals surface area contributed by atoms with Crippen molar-refractivity contribution in [2.45, 2.75) is 13.0 Å². The molecule has 21 heavy (non-hydrogen) atoms. The lowest BCUT2D eigenvalue weighted by molar-refractivity contribution is 0.0999. The van der Waals surface area contributed by atoms with Crippen LogP contribution in [0.4, 0.5) is 5.69 Å². The molecule has 5 nitrogen and oxygen atoms in total. The van der Waals surface area contributed by atoms with E-state index >= 15 is 0 Å². The smallest absolute Gasteiger partial charge is 0.248 e. The highest BCUT2D eigenvalue weighted by Crippen LogP contribution is 2.29. The van der Waals surface area contributed by atoms with Crippen molar-refractivity contribution in [2.24, 2.45) is 11.5 Å². The van der Waals surface area contributed by atoms with Crippen LogP contribution >= 0.6 is 27.3 Å². The van der Waals surface area contributed by atoms with Crippen LogP contribution in [0.5, 0.6) is 0 Å². The molecular formula is C14H14BrN3O2S. The van der Waals surface area contributed by atoms with E-state index in [4.69, 9.17) is 11.5 Å². The highest BCUT2D eigenvalue weighted by atomic mass is 79.9. The lowest BCUT2D eigenvalue weighted by Gasteiger charge is -2.15. The Morgan fingerprint density at radius 3 is 2.14 bits per heavy atom. The quantitative estimate of drug-likeness (QED) is 0.757. The Bertz CT molecular complexity index is 667. The van der Waals surface area contributed by atoms with Crippen molar-refractivity contribution in [1.29, 1.82) is 0 Å². The van der Waals surface area contributed by atoms with Gasteiger partial charge in [0.25, 0.3) is 0 Å². The Hall–Kier alpha value is -1.86. The first-order valence-electron chi connectivity index (χ1n) is 6.13. The number of thiophene rings is 1. The van der Waals surface area contributed by atoms with Crippen LogP contribution in [0.15, 0.2) is 34.1 Å². The topological polar surface area (TPSA) is 98.2 Å². The van der Waals surface area contributed by atoms with Gasteiger partial charge in [-0.3, -0.25) is 9.59 Å². The van der Waals surface area contributed by atoms with Crippen LogP contribution < -0.4 is 16.8 Å². The van der Waals surface area contributed by atoms with Crippen LogP contribution in [0, 0.1) is 0 Å². The minimum absolute atomic E-state index is 0.0187. The molecule has 0 radical (unpaired) electrons. The lowest BCUT2D eigenvalue weighted by Crippen LogP contribution is -2.16. The SMILES string of the molecule is CC(Nc1cc(C(N)=O)cc(C(N)=O)c1)c1ccc(Br)s1. The van der Waals surface area contributed by atoms with Gasteiger partial charge in [-0.25, -0.2) is 0 Å². The molecule has 1 aromatic carbocycles. The van der Waals surface area contributed by atoms with Crippen molar-refractivity contribution in [3.8, 4) is 0 Å². The monoisotopic (exact) mass is 367 g/mol. The Kier molecular flexibility index (Phi) is 4.64. The van der Waals surface area contributed by atoms with E-state index in [0.29, 0.717) is 5.69 Å². The summed E-state index contributed by atoms with van der Waals surface area (Å²) in [6, 6.07) is 8.58. The van der Waals surface area contributed by atoms with E-state index in [1.54, 1.807) is 23.5 Å². The van der Waals surface area contributed by atoms with Crippen LogP contribution in [0.25, 0.3) is 0 Å². The van der Waals surface area contributed by atoms with Gasteiger partial charge < -0.3 is 16.8 Å². The van der Waals surface area contributed by atoms with Gasteiger partial charge in [-0.2, -0.15) is 0 Å². The molecule has 1 aromatic heterocycles. The zero-order valence-electron chi connectivity index (χ0n) is 11.2. The molecule has 0 bridgehead atoms. The number of benzene rings is 1. The maximum absolute atomic E-state index is 11.3. The summed E-state index contributed by atoms with van der Waals surface area (Å²) in [7, 11) is 0. The van der Waals surface area contributed by atoms with Gasteiger partial charge in [0.2, 0.25) is 11.8 Å². The summed E-state index contributed by atoms with van der Waals surface area (Å²) in [6.07, 6.45) is 0. The third kappa shape index (κ3) is 3.83. The second-order valence-corrected chi connectivity index (χ2v) is 7.03. The van der Waals surface area contributed by atoms with Crippen molar-refractivity contribution < 1.29 is 9.59 Å². The van der Waals surface area contributed by atoms with Gasteiger partial charge in [-0.1, -0.05) is 0 Å².